The number of halogens is 2. The lowest BCUT2D eigenvalue weighted by Crippen LogP contribution is -2.15. The van der Waals surface area contributed by atoms with E-state index in [0.29, 0.717) is 18.5 Å². The van der Waals surface area contributed by atoms with Crippen LogP contribution >= 0.6 is 0 Å². The van der Waals surface area contributed by atoms with Gasteiger partial charge in [0.1, 0.15) is 0 Å². The molecule has 0 atom stereocenters. The Balaban J connectivity index is 2.30. The van der Waals surface area contributed by atoms with Crippen LogP contribution in [0.4, 0.5) is 14.5 Å². The largest absolute Gasteiger partial charge is 0.399 e. The molecule has 1 aromatic carbocycles. The van der Waals surface area contributed by atoms with Gasteiger partial charge in [-0.15, -0.1) is 0 Å². The first-order valence-electron chi connectivity index (χ1n) is 4.82. The van der Waals surface area contributed by atoms with Crippen molar-refractivity contribution in [1.82, 2.24) is 0 Å². The molecule has 2 rings (SSSR count). The van der Waals surface area contributed by atoms with Gasteiger partial charge in [0.05, 0.1) is 0 Å². The Morgan fingerprint density at radius 3 is 2.43 bits per heavy atom. The van der Waals surface area contributed by atoms with Crippen molar-refractivity contribution in [2.24, 2.45) is 0 Å². The minimum absolute atomic E-state index is 0.0378. The number of rotatable bonds is 0. The van der Waals surface area contributed by atoms with Crippen LogP contribution < -0.4 is 5.73 Å². The first kappa shape index (κ1) is 9.44. The fourth-order valence-corrected chi connectivity index (χ4v) is 1.88. The zero-order chi connectivity index (χ0) is 10.2. The molecule has 0 spiro atoms. The van der Waals surface area contributed by atoms with Gasteiger partial charge >= 0.3 is 0 Å². The average molecular weight is 197 g/mol. The van der Waals surface area contributed by atoms with Crippen molar-refractivity contribution < 1.29 is 8.78 Å². The topological polar surface area (TPSA) is 26.0 Å². The number of nitrogens with two attached hydrogens (primary N) is 1. The van der Waals surface area contributed by atoms with Gasteiger partial charge in [-0.1, -0.05) is 6.07 Å². The van der Waals surface area contributed by atoms with E-state index in [1.807, 2.05) is 12.1 Å². The molecule has 1 aliphatic carbocycles. The van der Waals surface area contributed by atoms with Crippen molar-refractivity contribution >= 4 is 5.69 Å². The van der Waals surface area contributed by atoms with Gasteiger partial charge in [0.15, 0.2) is 0 Å². The third-order valence-electron chi connectivity index (χ3n) is 2.75. The Labute approximate surface area is 81.9 Å². The maximum Gasteiger partial charge on any atom is 0.248 e. The van der Waals surface area contributed by atoms with Crippen molar-refractivity contribution in [2.45, 2.75) is 31.6 Å². The second kappa shape index (κ2) is 3.23. The first-order chi connectivity index (χ1) is 6.57. The lowest BCUT2D eigenvalue weighted by atomic mass is 10.0. The lowest BCUT2D eigenvalue weighted by Gasteiger charge is -2.11. The molecule has 2 N–H and O–H groups in total. The van der Waals surface area contributed by atoms with E-state index in [1.54, 1.807) is 6.07 Å². The molecule has 1 nitrogen and oxygen atoms in total. The molecule has 0 amide bonds. The molecule has 0 unspecified atom stereocenters. The molecule has 0 aliphatic heterocycles. The third-order valence-corrected chi connectivity index (χ3v) is 2.75. The monoisotopic (exact) mass is 197 g/mol. The summed E-state index contributed by atoms with van der Waals surface area (Å²) in [5, 5.41) is 0. The van der Waals surface area contributed by atoms with Crippen LogP contribution in [0.3, 0.4) is 0 Å². The number of aryl methyl sites for hydroxylation is 2. The lowest BCUT2D eigenvalue weighted by molar-refractivity contribution is -0.0130. The minimum Gasteiger partial charge on any atom is -0.399 e. The number of hydrogen-bond acceptors (Lipinski definition) is 1. The summed E-state index contributed by atoms with van der Waals surface area (Å²) in [5.41, 5.74) is 8.29. The fourth-order valence-electron chi connectivity index (χ4n) is 1.88. The standard InChI is InChI=1S/C11H13F2N/c12-11(13)5-3-8-1-2-10(14)7-9(8)4-6-11/h1-2,7H,3-6,14H2. The number of anilines is 1. The quantitative estimate of drug-likeness (QED) is 0.502. The highest BCUT2D eigenvalue weighted by Gasteiger charge is 2.30. The van der Waals surface area contributed by atoms with Crippen LogP contribution in [0.2, 0.25) is 0 Å². The Hall–Kier alpha value is -1.12. The van der Waals surface area contributed by atoms with Gasteiger partial charge in [-0.25, -0.2) is 8.78 Å². The molecule has 1 aromatic rings. The smallest absolute Gasteiger partial charge is 0.248 e. The molecule has 76 valence electrons. The predicted octanol–water partition coefficient (Wildman–Crippen LogP) is 2.78. The Kier molecular flexibility index (Phi) is 2.17. The van der Waals surface area contributed by atoms with Gasteiger partial charge in [-0.05, 0) is 36.1 Å². The fraction of sp³-hybridized carbons (Fsp3) is 0.455. The van der Waals surface area contributed by atoms with E-state index in [9.17, 15) is 8.78 Å². The van der Waals surface area contributed by atoms with Gasteiger partial charge in [0.25, 0.3) is 0 Å². The van der Waals surface area contributed by atoms with Crippen LogP contribution in [0.25, 0.3) is 0 Å². The molecule has 0 fully saturated rings. The van der Waals surface area contributed by atoms with Crippen LogP contribution in [0.5, 0.6) is 0 Å². The van der Waals surface area contributed by atoms with E-state index >= 15 is 0 Å². The van der Waals surface area contributed by atoms with E-state index in [-0.39, 0.29) is 12.8 Å². The highest BCUT2D eigenvalue weighted by Crippen LogP contribution is 2.32. The summed E-state index contributed by atoms with van der Waals surface area (Å²) in [7, 11) is 0. The zero-order valence-electron chi connectivity index (χ0n) is 7.89. The molecular weight excluding hydrogens is 184 g/mol. The number of hydrogen-bond donors (Lipinski definition) is 1. The molecule has 0 aromatic heterocycles. The molecule has 0 saturated heterocycles. The SMILES string of the molecule is Nc1ccc2c(c1)CCC(F)(F)CC2. The van der Waals surface area contributed by atoms with Crippen LogP contribution in [-0.2, 0) is 12.8 Å². The normalized spacial score (nSPS) is 19.9. The summed E-state index contributed by atoms with van der Waals surface area (Å²) in [6.45, 7) is 0. The van der Waals surface area contributed by atoms with Gasteiger partial charge < -0.3 is 5.73 Å². The maximum atomic E-state index is 13.1. The van der Waals surface area contributed by atoms with Crippen LogP contribution in [0.15, 0.2) is 18.2 Å². The summed E-state index contributed by atoms with van der Waals surface area (Å²) < 4.78 is 26.2. The Bertz CT molecular complexity index is 347. The van der Waals surface area contributed by atoms with Gasteiger partial charge in [0.2, 0.25) is 5.92 Å². The van der Waals surface area contributed by atoms with Crippen molar-refractivity contribution in [3.05, 3.63) is 29.3 Å². The first-order valence-corrected chi connectivity index (χ1v) is 4.82. The molecule has 0 radical (unpaired) electrons. The Morgan fingerprint density at radius 2 is 1.71 bits per heavy atom. The number of nitrogen functional groups attached to an aromatic ring is 1. The van der Waals surface area contributed by atoms with Gasteiger partial charge in [-0.2, -0.15) is 0 Å². The zero-order valence-corrected chi connectivity index (χ0v) is 7.89. The summed E-state index contributed by atoms with van der Waals surface area (Å²) in [6.07, 6.45) is 0.809. The second-order valence-corrected chi connectivity index (χ2v) is 3.88. The third kappa shape index (κ3) is 1.86. The molecule has 1 aliphatic rings. The van der Waals surface area contributed by atoms with Crippen molar-refractivity contribution in [2.75, 3.05) is 5.73 Å². The Morgan fingerprint density at radius 1 is 1.07 bits per heavy atom. The summed E-state index contributed by atoms with van der Waals surface area (Å²) in [6, 6.07) is 5.46. The summed E-state index contributed by atoms with van der Waals surface area (Å²) in [4.78, 5) is 0. The highest BCUT2D eigenvalue weighted by molar-refractivity contribution is 5.45. The minimum atomic E-state index is -2.51. The van der Waals surface area contributed by atoms with Crippen molar-refractivity contribution in [1.29, 1.82) is 0 Å². The molecule has 0 bridgehead atoms. The summed E-state index contributed by atoms with van der Waals surface area (Å²) >= 11 is 0. The molecule has 3 heteroatoms. The maximum absolute atomic E-state index is 13.1. The second-order valence-electron chi connectivity index (χ2n) is 3.88. The van der Waals surface area contributed by atoms with Gasteiger partial charge in [0, 0.05) is 18.5 Å². The van der Waals surface area contributed by atoms with Crippen LogP contribution in [0, 0.1) is 0 Å². The van der Waals surface area contributed by atoms with Crippen LogP contribution in [-0.4, -0.2) is 5.92 Å². The number of fused-ring (bicyclic) bond motifs is 1. The number of benzene rings is 1. The van der Waals surface area contributed by atoms with Crippen LogP contribution in [0.1, 0.15) is 24.0 Å². The average Bonchev–Trinajstić information content (AvgIpc) is 2.26. The van der Waals surface area contributed by atoms with E-state index in [0.717, 1.165) is 11.1 Å². The van der Waals surface area contributed by atoms with E-state index in [1.165, 1.54) is 0 Å². The summed E-state index contributed by atoms with van der Waals surface area (Å²) in [5.74, 6) is -2.51. The van der Waals surface area contributed by atoms with E-state index < -0.39 is 5.92 Å². The molecule has 0 heterocycles. The molecule has 14 heavy (non-hydrogen) atoms. The highest BCUT2D eigenvalue weighted by atomic mass is 19.3. The molecular formula is C11H13F2N. The predicted molar refractivity (Wildman–Crippen MR) is 52.4 cm³/mol. The van der Waals surface area contributed by atoms with E-state index in [2.05, 4.69) is 0 Å². The van der Waals surface area contributed by atoms with Crippen molar-refractivity contribution in [3.63, 3.8) is 0 Å². The van der Waals surface area contributed by atoms with Crippen molar-refractivity contribution in [3.8, 4) is 0 Å². The van der Waals surface area contributed by atoms with E-state index in [4.69, 9.17) is 5.73 Å². The van der Waals surface area contributed by atoms with Gasteiger partial charge in [-0.3, -0.25) is 0 Å². The number of alkyl halides is 2. The molecule has 0 saturated carbocycles.